The molecule has 1 unspecified atom stereocenters. The summed E-state index contributed by atoms with van der Waals surface area (Å²) in [6.07, 6.45) is 59.3. The zero-order valence-corrected chi connectivity index (χ0v) is 36.4. The van der Waals surface area contributed by atoms with Gasteiger partial charge in [0.2, 0.25) is 0 Å². The molecule has 320 valence electrons. The Kier molecular flexibility index (Phi) is 44.4. The minimum absolute atomic E-state index is 0.0809. The monoisotopic (exact) mass is 771 g/mol. The third-order valence-electron chi connectivity index (χ3n) is 10.4. The lowest BCUT2D eigenvalue weighted by molar-refractivity contribution is -0.161. The smallest absolute Gasteiger partial charge is 0.306 e. The van der Waals surface area contributed by atoms with Gasteiger partial charge in [-0.15, -0.1) is 0 Å². The van der Waals surface area contributed by atoms with E-state index < -0.39 is 6.10 Å². The number of esters is 2. The Hall–Kier alpha value is -2.14. The summed E-state index contributed by atoms with van der Waals surface area (Å²) in [6.45, 7) is 4.01. The van der Waals surface area contributed by atoms with Gasteiger partial charge in [0.15, 0.2) is 6.10 Å². The molecule has 0 saturated heterocycles. The number of carbonyl (C=O) groups is 2. The van der Waals surface area contributed by atoms with Crippen molar-refractivity contribution in [2.45, 2.75) is 245 Å². The number of hydrogen-bond donors (Lipinski definition) is 1. The maximum absolute atomic E-state index is 12.2. The standard InChI is InChI=1S/C50H90O5/c1-3-5-7-9-11-13-15-17-19-20-21-22-23-24-25-26-27-28-29-31-32-34-36-38-40-42-44-49(52)54-47-48(46-51)55-50(53)45-43-41-39-37-35-33-30-18-16-14-12-10-8-6-4-2/h6,8,12,14,18,30,35,37,48,51H,3-5,7,9-11,13,15-17,19-29,31-34,36,38-47H2,1-2H3/b8-6-,14-12-,30-18-,37-35-. The van der Waals surface area contributed by atoms with Crippen LogP contribution in [0.1, 0.15) is 239 Å². The molecule has 0 rings (SSSR count). The molecular weight excluding hydrogens is 681 g/mol. The van der Waals surface area contributed by atoms with Gasteiger partial charge in [0, 0.05) is 12.8 Å². The maximum Gasteiger partial charge on any atom is 0.306 e. The third kappa shape index (κ3) is 44.4. The summed E-state index contributed by atoms with van der Waals surface area (Å²) in [5, 5.41) is 9.58. The van der Waals surface area contributed by atoms with Crippen LogP contribution in [-0.2, 0) is 19.1 Å². The average Bonchev–Trinajstić information content (AvgIpc) is 3.19. The van der Waals surface area contributed by atoms with E-state index in [4.69, 9.17) is 9.47 Å². The number of rotatable bonds is 43. The first-order valence-electron chi connectivity index (χ1n) is 23.7. The van der Waals surface area contributed by atoms with Gasteiger partial charge in [-0.3, -0.25) is 9.59 Å². The Labute approximate surface area is 341 Å². The number of aliphatic hydroxyl groups is 1. The van der Waals surface area contributed by atoms with Crippen molar-refractivity contribution in [1.29, 1.82) is 0 Å². The first kappa shape index (κ1) is 52.9. The van der Waals surface area contributed by atoms with Crippen molar-refractivity contribution >= 4 is 11.9 Å². The summed E-state index contributed by atoms with van der Waals surface area (Å²) in [7, 11) is 0. The van der Waals surface area contributed by atoms with Crippen LogP contribution in [0.2, 0.25) is 0 Å². The van der Waals surface area contributed by atoms with Gasteiger partial charge in [0.25, 0.3) is 0 Å². The predicted molar refractivity (Wildman–Crippen MR) is 237 cm³/mol. The quantitative estimate of drug-likeness (QED) is 0.0380. The van der Waals surface area contributed by atoms with E-state index in [9.17, 15) is 14.7 Å². The highest BCUT2D eigenvalue weighted by atomic mass is 16.6. The fourth-order valence-electron chi connectivity index (χ4n) is 6.84. The van der Waals surface area contributed by atoms with Crippen LogP contribution in [0.3, 0.4) is 0 Å². The summed E-state index contributed by atoms with van der Waals surface area (Å²) in [5.74, 6) is -0.632. The van der Waals surface area contributed by atoms with E-state index in [-0.39, 0.29) is 25.2 Å². The molecule has 5 heteroatoms. The van der Waals surface area contributed by atoms with Gasteiger partial charge < -0.3 is 14.6 Å². The van der Waals surface area contributed by atoms with Crippen LogP contribution in [0.15, 0.2) is 48.6 Å². The van der Waals surface area contributed by atoms with Gasteiger partial charge in [-0.1, -0.05) is 223 Å². The molecule has 0 bridgehead atoms. The molecule has 0 fully saturated rings. The highest BCUT2D eigenvalue weighted by Gasteiger charge is 2.16. The van der Waals surface area contributed by atoms with Gasteiger partial charge in [0.05, 0.1) is 6.61 Å². The van der Waals surface area contributed by atoms with Crippen molar-refractivity contribution in [1.82, 2.24) is 0 Å². The van der Waals surface area contributed by atoms with Crippen LogP contribution in [0.4, 0.5) is 0 Å². The first-order chi connectivity index (χ1) is 27.1. The van der Waals surface area contributed by atoms with Crippen LogP contribution in [0, 0.1) is 0 Å². The van der Waals surface area contributed by atoms with Crippen molar-refractivity contribution in [3.63, 3.8) is 0 Å². The largest absolute Gasteiger partial charge is 0.462 e. The Balaban J connectivity index is 3.48. The van der Waals surface area contributed by atoms with Gasteiger partial charge >= 0.3 is 11.9 Å². The molecule has 0 radical (unpaired) electrons. The van der Waals surface area contributed by atoms with E-state index in [1.807, 2.05) is 0 Å². The average molecular weight is 771 g/mol. The molecule has 0 aromatic carbocycles. The number of aliphatic hydroxyl groups excluding tert-OH is 1. The minimum Gasteiger partial charge on any atom is -0.462 e. The second-order valence-corrected chi connectivity index (χ2v) is 15.8. The van der Waals surface area contributed by atoms with Crippen molar-refractivity contribution in [2.75, 3.05) is 13.2 Å². The molecule has 0 amide bonds. The fourth-order valence-corrected chi connectivity index (χ4v) is 6.84. The van der Waals surface area contributed by atoms with E-state index in [1.54, 1.807) is 0 Å². The SMILES string of the molecule is CC/C=C\C/C=C\C/C=C\C/C=C\CCCCC(=O)OC(CO)COC(=O)CCCCCCCCCCCCCCCCCCCCCCCCCCCC. The van der Waals surface area contributed by atoms with Crippen LogP contribution in [0.5, 0.6) is 0 Å². The molecule has 0 heterocycles. The number of ether oxygens (including phenoxy) is 2. The fraction of sp³-hybridized carbons (Fsp3) is 0.800. The van der Waals surface area contributed by atoms with E-state index in [0.717, 1.165) is 64.2 Å². The lowest BCUT2D eigenvalue weighted by atomic mass is 10.0. The van der Waals surface area contributed by atoms with Crippen LogP contribution < -0.4 is 0 Å². The summed E-state index contributed by atoms with van der Waals surface area (Å²) in [6, 6.07) is 0. The van der Waals surface area contributed by atoms with Gasteiger partial charge in [-0.2, -0.15) is 0 Å². The van der Waals surface area contributed by atoms with E-state index in [0.29, 0.717) is 12.8 Å². The second-order valence-electron chi connectivity index (χ2n) is 15.8. The molecule has 0 aliphatic heterocycles. The summed E-state index contributed by atoms with van der Waals surface area (Å²) in [5.41, 5.74) is 0. The third-order valence-corrected chi connectivity index (χ3v) is 10.4. The second kappa shape index (κ2) is 46.2. The Morgan fingerprint density at radius 2 is 0.782 bits per heavy atom. The lowest BCUT2D eigenvalue weighted by Crippen LogP contribution is -2.28. The summed E-state index contributed by atoms with van der Waals surface area (Å²) >= 11 is 0. The molecule has 0 spiro atoms. The summed E-state index contributed by atoms with van der Waals surface area (Å²) in [4.78, 5) is 24.3. The van der Waals surface area contributed by atoms with E-state index in [2.05, 4.69) is 62.5 Å². The summed E-state index contributed by atoms with van der Waals surface area (Å²) < 4.78 is 10.6. The topological polar surface area (TPSA) is 72.8 Å². The van der Waals surface area contributed by atoms with Crippen LogP contribution in [0.25, 0.3) is 0 Å². The maximum atomic E-state index is 12.2. The predicted octanol–water partition coefficient (Wildman–Crippen LogP) is 15.4. The molecule has 0 saturated carbocycles. The Bertz CT molecular complexity index is 919. The van der Waals surface area contributed by atoms with Gasteiger partial charge in [-0.05, 0) is 51.4 Å². The van der Waals surface area contributed by atoms with Crippen LogP contribution >= 0.6 is 0 Å². The lowest BCUT2D eigenvalue weighted by Gasteiger charge is -2.15. The highest BCUT2D eigenvalue weighted by molar-refractivity contribution is 5.70. The van der Waals surface area contributed by atoms with E-state index >= 15 is 0 Å². The Morgan fingerprint density at radius 1 is 0.436 bits per heavy atom. The van der Waals surface area contributed by atoms with E-state index in [1.165, 1.54) is 148 Å². The number of carbonyl (C=O) groups excluding carboxylic acids is 2. The van der Waals surface area contributed by atoms with Crippen molar-refractivity contribution in [3.8, 4) is 0 Å². The zero-order chi connectivity index (χ0) is 40.0. The number of hydrogen-bond acceptors (Lipinski definition) is 5. The van der Waals surface area contributed by atoms with Gasteiger partial charge in [-0.25, -0.2) is 0 Å². The number of allylic oxidation sites excluding steroid dienone is 8. The molecule has 0 aliphatic carbocycles. The van der Waals surface area contributed by atoms with Crippen LogP contribution in [-0.4, -0.2) is 36.4 Å². The molecule has 0 aliphatic rings. The molecule has 1 N–H and O–H groups in total. The molecule has 0 aromatic heterocycles. The molecule has 55 heavy (non-hydrogen) atoms. The number of unbranched alkanes of at least 4 members (excludes halogenated alkanes) is 27. The molecule has 0 aromatic rings. The Morgan fingerprint density at radius 3 is 1.18 bits per heavy atom. The van der Waals surface area contributed by atoms with Crippen molar-refractivity contribution in [3.05, 3.63) is 48.6 Å². The minimum atomic E-state index is -0.792. The van der Waals surface area contributed by atoms with Crippen molar-refractivity contribution < 1.29 is 24.2 Å². The highest BCUT2D eigenvalue weighted by Crippen LogP contribution is 2.16. The molecule has 1 atom stereocenters. The van der Waals surface area contributed by atoms with Gasteiger partial charge in [0.1, 0.15) is 6.61 Å². The molecular formula is C50H90O5. The zero-order valence-electron chi connectivity index (χ0n) is 36.4. The first-order valence-corrected chi connectivity index (χ1v) is 23.7. The normalized spacial score (nSPS) is 12.6. The van der Waals surface area contributed by atoms with Crippen molar-refractivity contribution in [2.24, 2.45) is 0 Å². The molecule has 5 nitrogen and oxygen atoms in total.